The summed E-state index contributed by atoms with van der Waals surface area (Å²) in [5.74, 6) is -0.503. The van der Waals surface area contributed by atoms with Crippen LogP contribution in [0.3, 0.4) is 0 Å². The molecule has 4 rings (SSSR count). The molecule has 2 aromatic heterocycles. The van der Waals surface area contributed by atoms with Gasteiger partial charge in [-0.25, -0.2) is 17.7 Å². The topological polar surface area (TPSA) is 75.2 Å². The minimum Gasteiger partial charge on any atom is -0.382 e. The number of nitrogens with zero attached hydrogens (tertiary/aromatic N) is 3. The molecule has 3 heterocycles. The monoisotopic (exact) mass is 414 g/mol. The molecule has 0 aliphatic carbocycles. The van der Waals surface area contributed by atoms with Crippen molar-refractivity contribution in [2.24, 2.45) is 0 Å². The highest BCUT2D eigenvalue weighted by molar-refractivity contribution is 7.88. The van der Waals surface area contributed by atoms with E-state index in [9.17, 15) is 12.8 Å². The lowest BCUT2D eigenvalue weighted by Gasteiger charge is -2.31. The molecule has 1 aliphatic heterocycles. The zero-order valence-electron chi connectivity index (χ0n) is 16.4. The van der Waals surface area contributed by atoms with E-state index in [2.05, 4.69) is 15.3 Å². The van der Waals surface area contributed by atoms with Gasteiger partial charge >= 0.3 is 0 Å². The van der Waals surface area contributed by atoms with E-state index in [1.54, 1.807) is 18.5 Å². The zero-order chi connectivity index (χ0) is 20.6. The third kappa shape index (κ3) is 4.23. The molecule has 1 fully saturated rings. The Hall–Kier alpha value is -2.58. The van der Waals surface area contributed by atoms with Crippen molar-refractivity contribution in [3.63, 3.8) is 0 Å². The molecule has 6 nitrogen and oxygen atoms in total. The van der Waals surface area contributed by atoms with Crippen LogP contribution < -0.4 is 5.32 Å². The van der Waals surface area contributed by atoms with E-state index < -0.39 is 16.0 Å². The second-order valence-corrected chi connectivity index (χ2v) is 9.53. The van der Waals surface area contributed by atoms with Gasteiger partial charge in [-0.2, -0.15) is 4.39 Å². The van der Waals surface area contributed by atoms with Crippen LogP contribution >= 0.6 is 0 Å². The predicted molar refractivity (Wildman–Crippen MR) is 113 cm³/mol. The van der Waals surface area contributed by atoms with Gasteiger partial charge in [0.25, 0.3) is 0 Å². The highest BCUT2D eigenvalue weighted by Gasteiger charge is 2.25. The van der Waals surface area contributed by atoms with Crippen LogP contribution in [0.1, 0.15) is 18.4 Å². The fraction of sp³-hybridized carbons (Fsp3) is 0.333. The lowest BCUT2D eigenvalue weighted by Crippen LogP contribution is -2.41. The molecule has 0 radical (unpaired) electrons. The number of sulfonamides is 1. The van der Waals surface area contributed by atoms with Gasteiger partial charge in [-0.15, -0.1) is 0 Å². The number of rotatable bonds is 4. The Morgan fingerprint density at radius 1 is 1.17 bits per heavy atom. The van der Waals surface area contributed by atoms with Crippen LogP contribution in [0.2, 0.25) is 0 Å². The summed E-state index contributed by atoms with van der Waals surface area (Å²) < 4.78 is 39.4. The van der Waals surface area contributed by atoms with E-state index in [4.69, 9.17) is 0 Å². The number of anilines is 1. The lowest BCUT2D eigenvalue weighted by molar-refractivity contribution is 0.332. The summed E-state index contributed by atoms with van der Waals surface area (Å²) in [7, 11) is -3.16. The van der Waals surface area contributed by atoms with Crippen LogP contribution in [0.15, 0.2) is 42.9 Å². The van der Waals surface area contributed by atoms with E-state index in [1.807, 2.05) is 25.1 Å². The van der Waals surface area contributed by atoms with Gasteiger partial charge in [0.15, 0.2) is 0 Å². The SMILES string of the molecule is Cc1cnc(F)c(-c2cc(NC3CCN(S(C)(=O)=O)CC3)c3cnccc3c2)c1. The number of pyridine rings is 2. The summed E-state index contributed by atoms with van der Waals surface area (Å²) in [6.07, 6.45) is 7.68. The van der Waals surface area contributed by atoms with E-state index >= 15 is 0 Å². The van der Waals surface area contributed by atoms with Gasteiger partial charge in [0.2, 0.25) is 16.0 Å². The number of nitrogens with one attached hydrogen (secondary N) is 1. The Balaban J connectivity index is 1.68. The number of benzene rings is 1. The van der Waals surface area contributed by atoms with E-state index in [0.717, 1.165) is 27.6 Å². The van der Waals surface area contributed by atoms with Crippen molar-refractivity contribution in [1.29, 1.82) is 0 Å². The second kappa shape index (κ2) is 7.68. The van der Waals surface area contributed by atoms with E-state index in [1.165, 1.54) is 16.8 Å². The molecule has 1 aliphatic rings. The van der Waals surface area contributed by atoms with Crippen LogP contribution in [-0.2, 0) is 10.0 Å². The molecule has 0 saturated carbocycles. The number of fused-ring (bicyclic) bond motifs is 1. The molecule has 1 aromatic carbocycles. The molecule has 152 valence electrons. The van der Waals surface area contributed by atoms with Crippen molar-refractivity contribution in [1.82, 2.24) is 14.3 Å². The highest BCUT2D eigenvalue weighted by atomic mass is 32.2. The molecule has 1 saturated heterocycles. The molecular formula is C21H23FN4O2S. The number of hydrogen-bond donors (Lipinski definition) is 1. The lowest BCUT2D eigenvalue weighted by atomic mass is 9.99. The van der Waals surface area contributed by atoms with Crippen molar-refractivity contribution in [3.05, 3.63) is 54.4 Å². The second-order valence-electron chi connectivity index (χ2n) is 7.55. The molecule has 0 atom stereocenters. The summed E-state index contributed by atoms with van der Waals surface area (Å²) in [5.41, 5.74) is 2.95. The molecule has 3 aromatic rings. The molecule has 0 amide bonds. The van der Waals surface area contributed by atoms with Gasteiger partial charge in [0, 0.05) is 54.4 Å². The molecular weight excluding hydrogens is 391 g/mol. The third-order valence-corrected chi connectivity index (χ3v) is 6.63. The summed E-state index contributed by atoms with van der Waals surface area (Å²) in [5, 5.41) is 5.44. The smallest absolute Gasteiger partial charge is 0.220 e. The van der Waals surface area contributed by atoms with Crippen molar-refractivity contribution in [2.75, 3.05) is 24.7 Å². The molecule has 0 unspecified atom stereocenters. The first-order valence-electron chi connectivity index (χ1n) is 9.53. The number of hydrogen-bond acceptors (Lipinski definition) is 5. The first-order valence-corrected chi connectivity index (χ1v) is 11.4. The van der Waals surface area contributed by atoms with E-state index in [-0.39, 0.29) is 6.04 Å². The Morgan fingerprint density at radius 3 is 2.66 bits per heavy atom. The fourth-order valence-electron chi connectivity index (χ4n) is 3.78. The normalized spacial score (nSPS) is 16.2. The average Bonchev–Trinajstić information content (AvgIpc) is 2.69. The standard InChI is InChI=1S/C21H23FN4O2S/c1-14-9-18(21(22)24-12-14)16-10-15-3-6-23-13-19(15)20(11-16)25-17-4-7-26(8-5-17)29(2,27)28/h3,6,9-13,17,25H,4-5,7-8H2,1-2H3. The molecule has 8 heteroatoms. The quantitative estimate of drug-likeness (QED) is 0.661. The Morgan fingerprint density at radius 2 is 1.93 bits per heavy atom. The fourth-order valence-corrected chi connectivity index (χ4v) is 4.65. The van der Waals surface area contributed by atoms with Crippen molar-refractivity contribution in [3.8, 4) is 11.1 Å². The summed E-state index contributed by atoms with van der Waals surface area (Å²) in [6.45, 7) is 2.86. The third-order valence-electron chi connectivity index (χ3n) is 5.33. The van der Waals surface area contributed by atoms with Gasteiger partial charge in [-0.05, 0) is 60.5 Å². The van der Waals surface area contributed by atoms with Crippen LogP contribution in [-0.4, -0.2) is 48.1 Å². The minimum atomic E-state index is -3.16. The number of piperidine rings is 1. The summed E-state index contributed by atoms with van der Waals surface area (Å²) in [4.78, 5) is 8.08. The van der Waals surface area contributed by atoms with Gasteiger partial charge in [0.1, 0.15) is 0 Å². The van der Waals surface area contributed by atoms with Gasteiger partial charge in [-0.1, -0.05) is 0 Å². The Labute approximate surface area is 169 Å². The maximum atomic E-state index is 14.4. The van der Waals surface area contributed by atoms with E-state index in [0.29, 0.717) is 31.5 Å². The van der Waals surface area contributed by atoms with Crippen molar-refractivity contribution < 1.29 is 12.8 Å². The van der Waals surface area contributed by atoms with Crippen LogP contribution in [0.4, 0.5) is 10.1 Å². The molecule has 29 heavy (non-hydrogen) atoms. The zero-order valence-corrected chi connectivity index (χ0v) is 17.2. The number of halogens is 1. The summed E-state index contributed by atoms with van der Waals surface area (Å²) in [6, 6.07) is 7.68. The predicted octanol–water partition coefficient (Wildman–Crippen LogP) is 3.58. The van der Waals surface area contributed by atoms with Gasteiger partial charge < -0.3 is 5.32 Å². The number of aromatic nitrogens is 2. The molecule has 1 N–H and O–H groups in total. The van der Waals surface area contributed by atoms with Gasteiger partial charge in [-0.3, -0.25) is 4.98 Å². The maximum Gasteiger partial charge on any atom is 0.220 e. The molecule has 0 spiro atoms. The average molecular weight is 415 g/mol. The van der Waals surface area contributed by atoms with Crippen LogP contribution in [0.5, 0.6) is 0 Å². The van der Waals surface area contributed by atoms with Crippen molar-refractivity contribution >= 4 is 26.5 Å². The first-order chi connectivity index (χ1) is 13.8. The maximum absolute atomic E-state index is 14.4. The largest absolute Gasteiger partial charge is 0.382 e. The Bertz CT molecular complexity index is 1160. The van der Waals surface area contributed by atoms with Crippen molar-refractivity contribution in [2.45, 2.75) is 25.8 Å². The minimum absolute atomic E-state index is 0.132. The molecule has 0 bridgehead atoms. The van der Waals surface area contributed by atoms with Crippen LogP contribution in [0.25, 0.3) is 21.9 Å². The number of aryl methyl sites for hydroxylation is 1. The van der Waals surface area contributed by atoms with Gasteiger partial charge in [0.05, 0.1) is 6.26 Å². The highest BCUT2D eigenvalue weighted by Crippen LogP contribution is 2.33. The van der Waals surface area contributed by atoms with Crippen LogP contribution in [0, 0.1) is 12.9 Å². The summed E-state index contributed by atoms with van der Waals surface area (Å²) >= 11 is 0. The Kier molecular flexibility index (Phi) is 5.23. The first kappa shape index (κ1) is 19.7.